The Morgan fingerprint density at radius 1 is 1.33 bits per heavy atom. The minimum absolute atomic E-state index is 0.0125. The highest BCUT2D eigenvalue weighted by atomic mass is 16.5. The summed E-state index contributed by atoms with van der Waals surface area (Å²) in [7, 11) is 1.74. The second kappa shape index (κ2) is 7.60. The van der Waals surface area contributed by atoms with E-state index in [0.29, 0.717) is 12.0 Å². The Morgan fingerprint density at radius 2 is 2.05 bits per heavy atom. The predicted molar refractivity (Wildman–Crippen MR) is 85.2 cm³/mol. The standard InChI is InChI=1S/C18H27NO2/c1-4-16-11-14(13-21-3)12-19(16)18(20)17(5-2)15-9-7-6-8-10-15/h6-10,14,16-17H,4-5,11-13H2,1-3H3/t14?,16-,17?/m1/s1. The maximum absolute atomic E-state index is 13.0. The highest BCUT2D eigenvalue weighted by Crippen LogP contribution is 2.31. The van der Waals surface area contributed by atoms with E-state index in [2.05, 4.69) is 30.9 Å². The Kier molecular flexibility index (Phi) is 5.80. The Morgan fingerprint density at radius 3 is 2.62 bits per heavy atom. The Hall–Kier alpha value is -1.35. The van der Waals surface area contributed by atoms with E-state index < -0.39 is 0 Å². The van der Waals surface area contributed by atoms with Gasteiger partial charge in [0.1, 0.15) is 0 Å². The number of carbonyl (C=O) groups excluding carboxylic acids is 1. The van der Waals surface area contributed by atoms with Crippen molar-refractivity contribution in [3.05, 3.63) is 35.9 Å². The Balaban J connectivity index is 2.13. The SMILES string of the molecule is CCC(C(=O)N1CC(COC)C[C@H]1CC)c1ccccc1. The number of likely N-dealkylation sites (tertiary alicyclic amines) is 1. The van der Waals surface area contributed by atoms with Crippen LogP contribution in [0.1, 0.15) is 44.6 Å². The summed E-state index contributed by atoms with van der Waals surface area (Å²) in [6.45, 7) is 5.86. The molecule has 1 fully saturated rings. The number of carbonyl (C=O) groups is 1. The Labute approximate surface area is 128 Å². The fourth-order valence-electron chi connectivity index (χ4n) is 3.47. The molecule has 0 saturated carbocycles. The molecule has 1 amide bonds. The number of hydrogen-bond donors (Lipinski definition) is 0. The summed E-state index contributed by atoms with van der Waals surface area (Å²) in [5.41, 5.74) is 1.13. The van der Waals surface area contributed by atoms with Gasteiger partial charge in [0.05, 0.1) is 12.5 Å². The molecule has 1 heterocycles. The summed E-state index contributed by atoms with van der Waals surface area (Å²) in [5.74, 6) is 0.757. The van der Waals surface area contributed by atoms with Crippen LogP contribution in [-0.2, 0) is 9.53 Å². The highest BCUT2D eigenvalue weighted by Gasteiger charge is 2.36. The van der Waals surface area contributed by atoms with Gasteiger partial charge in [-0.05, 0) is 24.8 Å². The molecular weight excluding hydrogens is 262 g/mol. The second-order valence-electron chi connectivity index (χ2n) is 5.98. The Bertz CT molecular complexity index is 446. The van der Waals surface area contributed by atoms with Crippen LogP contribution in [0.3, 0.4) is 0 Å². The van der Waals surface area contributed by atoms with Crippen LogP contribution in [-0.4, -0.2) is 37.1 Å². The van der Waals surface area contributed by atoms with Gasteiger partial charge in [0.25, 0.3) is 0 Å². The maximum Gasteiger partial charge on any atom is 0.230 e. The molecule has 2 unspecified atom stereocenters. The molecule has 3 atom stereocenters. The lowest BCUT2D eigenvalue weighted by atomic mass is 9.94. The second-order valence-corrected chi connectivity index (χ2v) is 5.98. The number of ether oxygens (including phenoxy) is 1. The topological polar surface area (TPSA) is 29.5 Å². The van der Waals surface area contributed by atoms with E-state index in [1.54, 1.807) is 7.11 Å². The van der Waals surface area contributed by atoms with Crippen LogP contribution in [0, 0.1) is 5.92 Å². The third kappa shape index (κ3) is 3.65. The normalized spacial score (nSPS) is 23.3. The fourth-order valence-corrected chi connectivity index (χ4v) is 3.47. The average molecular weight is 289 g/mol. The first-order valence-electron chi connectivity index (χ1n) is 8.05. The van der Waals surface area contributed by atoms with Gasteiger partial charge in [0.15, 0.2) is 0 Å². The first kappa shape index (κ1) is 16.0. The number of methoxy groups -OCH3 is 1. The zero-order valence-corrected chi connectivity index (χ0v) is 13.4. The minimum Gasteiger partial charge on any atom is -0.384 e. The van der Waals surface area contributed by atoms with Gasteiger partial charge in [0, 0.05) is 25.6 Å². The fraction of sp³-hybridized carbons (Fsp3) is 0.611. The molecule has 0 N–H and O–H groups in total. The molecule has 1 saturated heterocycles. The van der Waals surface area contributed by atoms with Gasteiger partial charge in [-0.2, -0.15) is 0 Å². The molecule has 1 aliphatic heterocycles. The summed E-state index contributed by atoms with van der Waals surface area (Å²) in [5, 5.41) is 0. The molecular formula is C18H27NO2. The van der Waals surface area contributed by atoms with Crippen LogP contribution in [0.2, 0.25) is 0 Å². The lowest BCUT2D eigenvalue weighted by Gasteiger charge is -2.28. The highest BCUT2D eigenvalue weighted by molar-refractivity contribution is 5.84. The molecule has 0 bridgehead atoms. The van der Waals surface area contributed by atoms with Gasteiger partial charge >= 0.3 is 0 Å². The number of nitrogens with zero attached hydrogens (tertiary/aromatic N) is 1. The van der Waals surface area contributed by atoms with Crippen LogP contribution in [0.15, 0.2) is 30.3 Å². The number of amides is 1. The van der Waals surface area contributed by atoms with Crippen molar-refractivity contribution in [2.45, 2.75) is 45.1 Å². The minimum atomic E-state index is -0.0125. The quantitative estimate of drug-likeness (QED) is 0.802. The van der Waals surface area contributed by atoms with E-state index in [9.17, 15) is 4.79 Å². The smallest absolute Gasteiger partial charge is 0.230 e. The predicted octanol–water partition coefficient (Wildman–Crippen LogP) is 3.45. The molecule has 2 rings (SSSR count). The molecule has 3 heteroatoms. The van der Waals surface area contributed by atoms with Crippen molar-refractivity contribution in [1.82, 2.24) is 4.90 Å². The third-order valence-corrected chi connectivity index (χ3v) is 4.57. The number of rotatable bonds is 6. The van der Waals surface area contributed by atoms with E-state index in [4.69, 9.17) is 4.74 Å². The summed E-state index contributed by atoms with van der Waals surface area (Å²) in [6.07, 6.45) is 2.95. The van der Waals surface area contributed by atoms with E-state index in [-0.39, 0.29) is 11.8 Å². The van der Waals surface area contributed by atoms with Crippen LogP contribution >= 0.6 is 0 Å². The van der Waals surface area contributed by atoms with Crippen molar-refractivity contribution >= 4 is 5.91 Å². The third-order valence-electron chi connectivity index (χ3n) is 4.57. The molecule has 1 aliphatic rings. The monoisotopic (exact) mass is 289 g/mol. The first-order chi connectivity index (χ1) is 10.2. The molecule has 0 spiro atoms. The van der Waals surface area contributed by atoms with Crippen LogP contribution in [0.4, 0.5) is 0 Å². The lowest BCUT2D eigenvalue weighted by molar-refractivity contribution is -0.134. The summed E-state index contributed by atoms with van der Waals surface area (Å²) in [4.78, 5) is 15.1. The molecule has 116 valence electrons. The molecule has 3 nitrogen and oxygen atoms in total. The molecule has 1 aromatic rings. The molecule has 0 aromatic heterocycles. The zero-order chi connectivity index (χ0) is 15.2. The zero-order valence-electron chi connectivity index (χ0n) is 13.4. The van der Waals surface area contributed by atoms with E-state index >= 15 is 0 Å². The van der Waals surface area contributed by atoms with Crippen LogP contribution in [0.5, 0.6) is 0 Å². The van der Waals surface area contributed by atoms with Gasteiger partial charge in [-0.15, -0.1) is 0 Å². The summed E-state index contributed by atoms with van der Waals surface area (Å²) < 4.78 is 5.28. The van der Waals surface area contributed by atoms with Crippen molar-refractivity contribution < 1.29 is 9.53 Å². The number of benzene rings is 1. The van der Waals surface area contributed by atoms with E-state index in [1.807, 2.05) is 18.2 Å². The summed E-state index contributed by atoms with van der Waals surface area (Å²) in [6, 6.07) is 10.5. The van der Waals surface area contributed by atoms with Gasteiger partial charge in [-0.1, -0.05) is 44.2 Å². The van der Waals surface area contributed by atoms with Crippen molar-refractivity contribution in [3.63, 3.8) is 0 Å². The van der Waals surface area contributed by atoms with Crippen molar-refractivity contribution in [2.75, 3.05) is 20.3 Å². The van der Waals surface area contributed by atoms with Crippen molar-refractivity contribution in [2.24, 2.45) is 5.92 Å². The van der Waals surface area contributed by atoms with Crippen LogP contribution < -0.4 is 0 Å². The van der Waals surface area contributed by atoms with E-state index in [0.717, 1.165) is 38.0 Å². The van der Waals surface area contributed by atoms with Crippen molar-refractivity contribution in [3.8, 4) is 0 Å². The van der Waals surface area contributed by atoms with Gasteiger partial charge < -0.3 is 9.64 Å². The summed E-state index contributed by atoms with van der Waals surface area (Å²) >= 11 is 0. The average Bonchev–Trinajstić information content (AvgIpc) is 2.92. The molecule has 0 aliphatic carbocycles. The van der Waals surface area contributed by atoms with Gasteiger partial charge in [-0.3, -0.25) is 4.79 Å². The lowest BCUT2D eigenvalue weighted by Crippen LogP contribution is -2.38. The van der Waals surface area contributed by atoms with E-state index in [1.165, 1.54) is 0 Å². The largest absolute Gasteiger partial charge is 0.384 e. The first-order valence-corrected chi connectivity index (χ1v) is 8.05. The van der Waals surface area contributed by atoms with Crippen molar-refractivity contribution in [1.29, 1.82) is 0 Å². The number of hydrogen-bond acceptors (Lipinski definition) is 2. The molecule has 21 heavy (non-hydrogen) atoms. The van der Waals surface area contributed by atoms with Crippen LogP contribution in [0.25, 0.3) is 0 Å². The van der Waals surface area contributed by atoms with Gasteiger partial charge in [0.2, 0.25) is 5.91 Å². The molecule has 1 aromatic carbocycles. The molecule has 0 radical (unpaired) electrons. The maximum atomic E-state index is 13.0. The van der Waals surface area contributed by atoms with Gasteiger partial charge in [-0.25, -0.2) is 0 Å².